The molecule has 0 aliphatic rings. The molecule has 0 aliphatic carbocycles. The lowest BCUT2D eigenvalue weighted by Gasteiger charge is -2.13. The molecule has 0 saturated heterocycles. The minimum absolute atomic E-state index is 0.0509. The van der Waals surface area contributed by atoms with Crippen LogP contribution in [0.5, 0.6) is 5.75 Å². The van der Waals surface area contributed by atoms with Crippen LogP contribution in [-0.2, 0) is 11.2 Å². The third-order valence-electron chi connectivity index (χ3n) is 3.72. The second-order valence-electron chi connectivity index (χ2n) is 5.70. The smallest absolute Gasteiger partial charge is 0.261 e. The predicted molar refractivity (Wildman–Crippen MR) is 92.8 cm³/mol. The van der Waals surface area contributed by atoms with Crippen molar-refractivity contribution in [3.63, 3.8) is 0 Å². The van der Waals surface area contributed by atoms with Gasteiger partial charge in [0.05, 0.1) is 12.1 Å². The number of hydrogen-bond acceptors (Lipinski definition) is 4. The van der Waals surface area contributed by atoms with Crippen LogP contribution in [0.25, 0.3) is 0 Å². The van der Waals surface area contributed by atoms with E-state index in [1.807, 2.05) is 25.1 Å². The second-order valence-corrected chi connectivity index (χ2v) is 5.70. The number of rotatable bonds is 7. The van der Waals surface area contributed by atoms with Crippen LogP contribution in [0.3, 0.4) is 0 Å². The SMILES string of the molecule is C[C@H](CCc1ccccc1)NCC(=O)NC(=O)c1ccccc1O. The number of aromatic hydroxyl groups is 1. The summed E-state index contributed by atoms with van der Waals surface area (Å²) in [6.45, 7) is 2.05. The number of phenolic OH excluding ortho intramolecular Hbond substituents is 1. The molecular weight excluding hydrogens is 304 g/mol. The Kier molecular flexibility index (Phi) is 6.51. The lowest BCUT2D eigenvalue weighted by molar-refractivity contribution is -0.119. The van der Waals surface area contributed by atoms with Gasteiger partial charge in [0.2, 0.25) is 5.91 Å². The number of carbonyl (C=O) groups is 2. The summed E-state index contributed by atoms with van der Waals surface area (Å²) in [6.07, 6.45) is 1.82. The van der Waals surface area contributed by atoms with Gasteiger partial charge >= 0.3 is 0 Å². The van der Waals surface area contributed by atoms with Crippen molar-refractivity contribution in [1.29, 1.82) is 0 Å². The first-order chi connectivity index (χ1) is 11.6. The number of nitrogens with one attached hydrogen (secondary N) is 2. The summed E-state index contributed by atoms with van der Waals surface area (Å²) in [7, 11) is 0. The number of imide groups is 1. The number of amides is 2. The Labute approximate surface area is 141 Å². The molecule has 0 spiro atoms. The Morgan fingerprint density at radius 1 is 1.04 bits per heavy atom. The standard InChI is InChI=1S/C19H22N2O3/c1-14(11-12-15-7-3-2-4-8-15)20-13-18(23)21-19(24)16-9-5-6-10-17(16)22/h2-10,14,20,22H,11-13H2,1H3,(H,21,23,24)/t14-/m1/s1. The zero-order chi connectivity index (χ0) is 17.4. The first-order valence-corrected chi connectivity index (χ1v) is 7.95. The van der Waals surface area contributed by atoms with E-state index in [-0.39, 0.29) is 23.9 Å². The van der Waals surface area contributed by atoms with Gasteiger partial charge in [-0.25, -0.2) is 0 Å². The number of carbonyl (C=O) groups excluding carboxylic acids is 2. The zero-order valence-corrected chi connectivity index (χ0v) is 13.7. The predicted octanol–water partition coefficient (Wildman–Crippen LogP) is 2.26. The summed E-state index contributed by atoms with van der Waals surface area (Å²) in [5.74, 6) is -1.17. The fourth-order valence-electron chi connectivity index (χ4n) is 2.30. The largest absolute Gasteiger partial charge is 0.507 e. The highest BCUT2D eigenvalue weighted by molar-refractivity contribution is 6.06. The second kappa shape index (κ2) is 8.84. The van der Waals surface area contributed by atoms with Crippen molar-refractivity contribution in [2.75, 3.05) is 6.54 Å². The van der Waals surface area contributed by atoms with Crippen molar-refractivity contribution in [2.24, 2.45) is 0 Å². The van der Waals surface area contributed by atoms with Crippen LogP contribution < -0.4 is 10.6 Å². The van der Waals surface area contributed by atoms with Crippen molar-refractivity contribution in [2.45, 2.75) is 25.8 Å². The molecule has 0 aromatic heterocycles. The summed E-state index contributed by atoms with van der Waals surface area (Å²) in [4.78, 5) is 23.8. The number of hydrogen-bond donors (Lipinski definition) is 3. The summed E-state index contributed by atoms with van der Waals surface area (Å²) >= 11 is 0. The average molecular weight is 326 g/mol. The van der Waals surface area contributed by atoms with Crippen LogP contribution in [0.2, 0.25) is 0 Å². The third kappa shape index (κ3) is 5.52. The molecular formula is C19H22N2O3. The van der Waals surface area contributed by atoms with Crippen molar-refractivity contribution < 1.29 is 14.7 Å². The molecule has 3 N–H and O–H groups in total. The number of aryl methyl sites for hydroxylation is 1. The van der Waals surface area contributed by atoms with Crippen molar-refractivity contribution >= 4 is 11.8 Å². The van der Waals surface area contributed by atoms with E-state index in [9.17, 15) is 14.7 Å². The lowest BCUT2D eigenvalue weighted by atomic mass is 10.1. The van der Waals surface area contributed by atoms with E-state index in [0.29, 0.717) is 0 Å². The summed E-state index contributed by atoms with van der Waals surface area (Å²) < 4.78 is 0. The lowest BCUT2D eigenvalue weighted by Crippen LogP contribution is -2.40. The molecule has 126 valence electrons. The Hall–Kier alpha value is -2.66. The first kappa shape index (κ1) is 17.7. The summed E-state index contributed by atoms with van der Waals surface area (Å²) in [5.41, 5.74) is 1.34. The normalized spacial score (nSPS) is 11.7. The molecule has 0 radical (unpaired) electrons. The highest BCUT2D eigenvalue weighted by Crippen LogP contribution is 2.14. The van der Waals surface area contributed by atoms with Crippen LogP contribution in [-0.4, -0.2) is 29.5 Å². The zero-order valence-electron chi connectivity index (χ0n) is 13.7. The quantitative estimate of drug-likeness (QED) is 0.729. The minimum atomic E-state index is -0.600. The number of para-hydroxylation sites is 1. The molecule has 2 rings (SSSR count). The van der Waals surface area contributed by atoms with Gasteiger partial charge in [-0.15, -0.1) is 0 Å². The molecule has 2 aromatic carbocycles. The molecule has 1 atom stereocenters. The van der Waals surface area contributed by atoms with Gasteiger partial charge in [0.15, 0.2) is 0 Å². The first-order valence-electron chi connectivity index (χ1n) is 7.95. The number of benzene rings is 2. The summed E-state index contributed by atoms with van der Waals surface area (Å²) in [6, 6.07) is 16.4. The van der Waals surface area contributed by atoms with Crippen LogP contribution in [0.15, 0.2) is 54.6 Å². The molecule has 2 amide bonds. The van der Waals surface area contributed by atoms with E-state index in [4.69, 9.17) is 0 Å². The maximum Gasteiger partial charge on any atom is 0.261 e. The Morgan fingerprint density at radius 3 is 2.42 bits per heavy atom. The minimum Gasteiger partial charge on any atom is -0.507 e. The van der Waals surface area contributed by atoms with Crippen molar-refractivity contribution in [3.8, 4) is 5.75 Å². The molecule has 0 bridgehead atoms. The molecule has 0 aliphatic heterocycles. The molecule has 2 aromatic rings. The van der Waals surface area contributed by atoms with Crippen LogP contribution in [0.1, 0.15) is 29.3 Å². The average Bonchev–Trinajstić information content (AvgIpc) is 2.59. The van der Waals surface area contributed by atoms with E-state index in [1.54, 1.807) is 12.1 Å². The van der Waals surface area contributed by atoms with Gasteiger partial charge in [-0.1, -0.05) is 42.5 Å². The Bertz CT molecular complexity index is 686. The van der Waals surface area contributed by atoms with Crippen LogP contribution in [0, 0.1) is 0 Å². The maximum atomic E-state index is 11.9. The molecule has 24 heavy (non-hydrogen) atoms. The summed E-state index contributed by atoms with van der Waals surface area (Å²) in [5, 5.41) is 15.0. The van der Waals surface area contributed by atoms with E-state index in [0.717, 1.165) is 12.8 Å². The van der Waals surface area contributed by atoms with Gasteiger partial charge in [-0.2, -0.15) is 0 Å². The topological polar surface area (TPSA) is 78.4 Å². The fourth-order valence-corrected chi connectivity index (χ4v) is 2.30. The highest BCUT2D eigenvalue weighted by Gasteiger charge is 2.14. The van der Waals surface area contributed by atoms with E-state index in [1.165, 1.54) is 17.7 Å². The highest BCUT2D eigenvalue weighted by atomic mass is 16.3. The van der Waals surface area contributed by atoms with Gasteiger partial charge in [0.1, 0.15) is 5.75 Å². The van der Waals surface area contributed by atoms with Crippen molar-refractivity contribution in [1.82, 2.24) is 10.6 Å². The molecule has 5 nitrogen and oxygen atoms in total. The van der Waals surface area contributed by atoms with Gasteiger partial charge < -0.3 is 10.4 Å². The molecule has 0 saturated carbocycles. The van der Waals surface area contributed by atoms with E-state index < -0.39 is 11.8 Å². The van der Waals surface area contributed by atoms with Gasteiger partial charge in [0.25, 0.3) is 5.91 Å². The molecule has 5 heteroatoms. The van der Waals surface area contributed by atoms with E-state index in [2.05, 4.69) is 22.8 Å². The Balaban J connectivity index is 1.72. The van der Waals surface area contributed by atoms with E-state index >= 15 is 0 Å². The van der Waals surface area contributed by atoms with Crippen LogP contribution >= 0.6 is 0 Å². The fraction of sp³-hybridized carbons (Fsp3) is 0.263. The molecule has 0 fully saturated rings. The van der Waals surface area contributed by atoms with Crippen molar-refractivity contribution in [3.05, 3.63) is 65.7 Å². The number of phenols is 1. The van der Waals surface area contributed by atoms with Crippen LogP contribution in [0.4, 0.5) is 0 Å². The molecule has 0 heterocycles. The third-order valence-corrected chi connectivity index (χ3v) is 3.72. The maximum absolute atomic E-state index is 11.9. The van der Waals surface area contributed by atoms with Gasteiger partial charge in [0, 0.05) is 6.04 Å². The van der Waals surface area contributed by atoms with Gasteiger partial charge in [-0.05, 0) is 37.5 Å². The van der Waals surface area contributed by atoms with Gasteiger partial charge in [-0.3, -0.25) is 14.9 Å². The Morgan fingerprint density at radius 2 is 1.71 bits per heavy atom. The monoisotopic (exact) mass is 326 g/mol. The molecule has 0 unspecified atom stereocenters.